The molecule has 1 amide bonds. The highest BCUT2D eigenvalue weighted by molar-refractivity contribution is 9.11. The average Bonchev–Trinajstić information content (AvgIpc) is 2.55. The third-order valence-electron chi connectivity index (χ3n) is 2.90. The smallest absolute Gasteiger partial charge is 0.412 e. The normalized spacial score (nSPS) is 10.0. The van der Waals surface area contributed by atoms with Gasteiger partial charge < -0.3 is 9.47 Å². The summed E-state index contributed by atoms with van der Waals surface area (Å²) >= 11 is 6.60. The third kappa shape index (κ3) is 4.80. The van der Waals surface area contributed by atoms with Crippen LogP contribution >= 0.6 is 31.9 Å². The number of halogens is 2. The number of amides is 1. The van der Waals surface area contributed by atoms with Crippen LogP contribution in [-0.4, -0.2) is 19.2 Å². The number of hydrogen-bond acceptors (Lipinski definition) is 4. The van der Waals surface area contributed by atoms with Gasteiger partial charge in [-0.1, -0.05) is 46.3 Å². The topological polar surface area (TPSA) is 64.6 Å². The van der Waals surface area contributed by atoms with Crippen LogP contribution in [0, 0.1) is 0 Å². The first-order valence-corrected chi connectivity index (χ1v) is 8.15. The number of esters is 1. The van der Waals surface area contributed by atoms with Crippen LogP contribution in [-0.2, 0) is 16.1 Å². The van der Waals surface area contributed by atoms with Crippen molar-refractivity contribution in [2.75, 3.05) is 12.4 Å². The van der Waals surface area contributed by atoms with E-state index < -0.39 is 12.1 Å². The summed E-state index contributed by atoms with van der Waals surface area (Å²) in [4.78, 5) is 23.8. The molecular formula is C16H13Br2NO4. The molecule has 1 N–H and O–H groups in total. The highest BCUT2D eigenvalue weighted by Crippen LogP contribution is 2.31. The number of hydrogen-bond donors (Lipinski definition) is 1. The summed E-state index contributed by atoms with van der Waals surface area (Å²) in [5, 5.41) is 2.56. The largest absolute Gasteiger partial charge is 0.465 e. The molecule has 5 nitrogen and oxygen atoms in total. The second-order valence-corrected chi connectivity index (χ2v) is 6.26. The van der Waals surface area contributed by atoms with Gasteiger partial charge in [-0.05, 0) is 33.6 Å². The van der Waals surface area contributed by atoms with Gasteiger partial charge in [-0.2, -0.15) is 0 Å². The van der Waals surface area contributed by atoms with Gasteiger partial charge >= 0.3 is 12.1 Å². The molecule has 2 aromatic carbocycles. The van der Waals surface area contributed by atoms with Crippen LogP contribution in [0.3, 0.4) is 0 Å². The molecule has 0 unspecified atom stereocenters. The molecule has 0 radical (unpaired) electrons. The fourth-order valence-corrected chi connectivity index (χ4v) is 3.16. The van der Waals surface area contributed by atoms with Crippen LogP contribution in [0.25, 0.3) is 0 Å². The Hall–Kier alpha value is -1.86. The summed E-state index contributed by atoms with van der Waals surface area (Å²) in [5.41, 5.74) is 1.37. The zero-order valence-corrected chi connectivity index (χ0v) is 15.3. The molecule has 0 bridgehead atoms. The number of benzene rings is 2. The van der Waals surface area contributed by atoms with Gasteiger partial charge in [-0.25, -0.2) is 9.59 Å². The Bertz CT molecular complexity index is 720. The lowest BCUT2D eigenvalue weighted by molar-refractivity contribution is 0.0601. The van der Waals surface area contributed by atoms with Crippen LogP contribution in [0.15, 0.2) is 51.4 Å². The van der Waals surface area contributed by atoms with Crippen molar-refractivity contribution in [1.29, 1.82) is 0 Å². The lowest BCUT2D eigenvalue weighted by Gasteiger charge is -2.13. The van der Waals surface area contributed by atoms with E-state index in [-0.39, 0.29) is 17.9 Å². The first-order chi connectivity index (χ1) is 11.0. The van der Waals surface area contributed by atoms with E-state index in [4.69, 9.17) is 9.47 Å². The number of methoxy groups -OCH3 is 1. The molecule has 0 atom stereocenters. The molecule has 7 heteroatoms. The lowest BCUT2D eigenvalue weighted by Crippen LogP contribution is -2.17. The number of ether oxygens (including phenoxy) is 2. The minimum Gasteiger partial charge on any atom is -0.465 e. The average molecular weight is 443 g/mol. The number of anilines is 1. The van der Waals surface area contributed by atoms with E-state index in [1.54, 1.807) is 12.1 Å². The molecule has 23 heavy (non-hydrogen) atoms. The SMILES string of the molecule is COC(=O)c1cc(Br)cc(Br)c1NC(=O)OCc1ccccc1. The van der Waals surface area contributed by atoms with Gasteiger partial charge in [0.15, 0.2) is 0 Å². The molecule has 0 aromatic heterocycles. The van der Waals surface area contributed by atoms with Crippen LogP contribution in [0.5, 0.6) is 0 Å². The standard InChI is InChI=1S/C16H13Br2NO4/c1-22-15(20)12-7-11(17)8-13(18)14(12)19-16(21)23-9-10-5-3-2-4-6-10/h2-8H,9H2,1H3,(H,19,21). The van der Waals surface area contributed by atoms with Crippen molar-refractivity contribution in [3.05, 3.63) is 62.5 Å². The van der Waals surface area contributed by atoms with Crippen LogP contribution in [0.1, 0.15) is 15.9 Å². The van der Waals surface area contributed by atoms with Crippen molar-refractivity contribution in [3.8, 4) is 0 Å². The quantitative estimate of drug-likeness (QED) is 0.694. The van der Waals surface area contributed by atoms with Crippen molar-refractivity contribution in [1.82, 2.24) is 0 Å². The Morgan fingerprint density at radius 2 is 1.83 bits per heavy atom. The Balaban J connectivity index is 2.12. The molecular weight excluding hydrogens is 430 g/mol. The summed E-state index contributed by atoms with van der Waals surface area (Å²) in [6.45, 7) is 0.133. The summed E-state index contributed by atoms with van der Waals surface area (Å²) in [5.74, 6) is -0.564. The molecule has 0 saturated carbocycles. The molecule has 0 aliphatic heterocycles. The number of rotatable bonds is 4. The minimum atomic E-state index is -0.665. The summed E-state index contributed by atoms with van der Waals surface area (Å²) < 4.78 is 11.1. The number of nitrogens with one attached hydrogen (secondary N) is 1. The first kappa shape index (κ1) is 17.5. The van der Waals surface area contributed by atoms with E-state index in [0.717, 1.165) is 5.56 Å². The van der Waals surface area contributed by atoms with Crippen molar-refractivity contribution in [2.45, 2.75) is 6.61 Å². The number of carbonyl (C=O) groups is 2. The van der Waals surface area contributed by atoms with Crippen molar-refractivity contribution >= 4 is 49.6 Å². The van der Waals surface area contributed by atoms with E-state index in [2.05, 4.69) is 37.2 Å². The molecule has 120 valence electrons. The van der Waals surface area contributed by atoms with E-state index in [1.165, 1.54) is 7.11 Å². The van der Waals surface area contributed by atoms with Crippen molar-refractivity contribution in [3.63, 3.8) is 0 Å². The molecule has 0 aliphatic carbocycles. The van der Waals surface area contributed by atoms with Crippen molar-refractivity contribution < 1.29 is 19.1 Å². The fourth-order valence-electron chi connectivity index (χ4n) is 1.83. The summed E-state index contributed by atoms with van der Waals surface area (Å²) in [6, 6.07) is 12.6. The van der Waals surface area contributed by atoms with E-state index in [9.17, 15) is 9.59 Å². The third-order valence-corrected chi connectivity index (χ3v) is 3.98. The molecule has 2 aromatic rings. The maximum absolute atomic E-state index is 12.0. The number of carbonyl (C=O) groups excluding carboxylic acids is 2. The van der Waals surface area contributed by atoms with E-state index >= 15 is 0 Å². The maximum atomic E-state index is 12.0. The Kier molecular flexibility index (Phi) is 6.18. The van der Waals surface area contributed by atoms with Crippen LogP contribution in [0.2, 0.25) is 0 Å². The first-order valence-electron chi connectivity index (χ1n) is 6.56. The van der Waals surface area contributed by atoms with E-state index in [0.29, 0.717) is 8.95 Å². The van der Waals surface area contributed by atoms with Gasteiger partial charge in [0.25, 0.3) is 0 Å². The van der Waals surface area contributed by atoms with Gasteiger partial charge in [0.2, 0.25) is 0 Å². The Morgan fingerprint density at radius 1 is 1.13 bits per heavy atom. The van der Waals surface area contributed by atoms with Gasteiger partial charge in [-0.3, -0.25) is 5.32 Å². The molecule has 0 spiro atoms. The molecule has 2 rings (SSSR count). The van der Waals surface area contributed by atoms with Gasteiger partial charge in [0, 0.05) is 8.95 Å². The highest BCUT2D eigenvalue weighted by atomic mass is 79.9. The fraction of sp³-hybridized carbons (Fsp3) is 0.125. The van der Waals surface area contributed by atoms with Gasteiger partial charge in [0.05, 0.1) is 18.4 Å². The second kappa shape index (κ2) is 8.12. The minimum absolute atomic E-state index is 0.133. The highest BCUT2D eigenvalue weighted by Gasteiger charge is 2.18. The monoisotopic (exact) mass is 441 g/mol. The van der Waals surface area contributed by atoms with Crippen LogP contribution < -0.4 is 5.32 Å². The van der Waals surface area contributed by atoms with E-state index in [1.807, 2.05) is 30.3 Å². The maximum Gasteiger partial charge on any atom is 0.412 e. The molecule has 0 fully saturated rings. The van der Waals surface area contributed by atoms with Gasteiger partial charge in [0.1, 0.15) is 6.61 Å². The molecule has 0 saturated heterocycles. The Labute approximate surface area is 150 Å². The lowest BCUT2D eigenvalue weighted by atomic mass is 10.2. The summed E-state index contributed by atoms with van der Waals surface area (Å²) in [7, 11) is 1.27. The van der Waals surface area contributed by atoms with Crippen LogP contribution in [0.4, 0.5) is 10.5 Å². The second-order valence-electron chi connectivity index (χ2n) is 4.49. The molecule has 0 aliphatic rings. The zero-order chi connectivity index (χ0) is 16.8. The molecule has 0 heterocycles. The van der Waals surface area contributed by atoms with Crippen molar-refractivity contribution in [2.24, 2.45) is 0 Å². The zero-order valence-electron chi connectivity index (χ0n) is 12.1. The predicted molar refractivity (Wildman–Crippen MR) is 93.4 cm³/mol. The predicted octanol–water partition coefficient (Wildman–Crippen LogP) is 4.75. The Morgan fingerprint density at radius 3 is 2.48 bits per heavy atom. The van der Waals surface area contributed by atoms with Gasteiger partial charge in [-0.15, -0.1) is 0 Å². The summed E-state index contributed by atoms with van der Waals surface area (Å²) in [6.07, 6.45) is -0.665.